The first-order valence-corrected chi connectivity index (χ1v) is 6.49. The highest BCUT2D eigenvalue weighted by molar-refractivity contribution is 4.93. The normalized spacial score (nSPS) is 12.9. The molecule has 0 saturated heterocycles. The van der Waals surface area contributed by atoms with Crippen LogP contribution in [0.15, 0.2) is 12.4 Å². The van der Waals surface area contributed by atoms with Crippen LogP contribution < -0.4 is 5.73 Å². The zero-order valence-corrected chi connectivity index (χ0v) is 10.7. The van der Waals surface area contributed by atoms with Crippen molar-refractivity contribution in [3.8, 4) is 0 Å². The maximum atomic E-state index is 5.80. The largest absolute Gasteiger partial charge is 0.333 e. The third-order valence-electron chi connectivity index (χ3n) is 2.79. The van der Waals surface area contributed by atoms with Crippen molar-refractivity contribution in [3.05, 3.63) is 18.2 Å². The van der Waals surface area contributed by atoms with Crippen LogP contribution in [0.25, 0.3) is 0 Å². The molecule has 16 heavy (non-hydrogen) atoms. The molecule has 1 unspecified atom stereocenters. The molecule has 1 rings (SSSR count). The van der Waals surface area contributed by atoms with Crippen molar-refractivity contribution in [3.63, 3.8) is 0 Å². The molecule has 2 N–H and O–H groups in total. The number of aryl methyl sites for hydroxylation is 1. The summed E-state index contributed by atoms with van der Waals surface area (Å²) < 4.78 is 2.19. The second-order valence-corrected chi connectivity index (χ2v) is 4.64. The first-order chi connectivity index (χ1) is 7.74. The number of rotatable bonds is 8. The van der Waals surface area contributed by atoms with Crippen LogP contribution in [0.1, 0.15) is 51.8 Å². The number of hydrogen-bond donors (Lipinski definition) is 1. The van der Waals surface area contributed by atoms with Gasteiger partial charge in [-0.3, -0.25) is 0 Å². The zero-order valence-electron chi connectivity index (χ0n) is 10.7. The van der Waals surface area contributed by atoms with Crippen molar-refractivity contribution >= 4 is 0 Å². The average Bonchev–Trinajstić information content (AvgIpc) is 2.64. The first kappa shape index (κ1) is 13.2. The summed E-state index contributed by atoms with van der Waals surface area (Å²) in [5.41, 5.74) is 5.80. The number of nitrogens with two attached hydrogens (primary N) is 1. The van der Waals surface area contributed by atoms with Crippen LogP contribution in [0.5, 0.6) is 0 Å². The summed E-state index contributed by atoms with van der Waals surface area (Å²) in [6, 6.07) is 0.202. The highest BCUT2D eigenvalue weighted by atomic mass is 15.1. The quantitative estimate of drug-likeness (QED) is 0.689. The number of aromatic nitrogens is 2. The summed E-state index contributed by atoms with van der Waals surface area (Å²) in [4.78, 5) is 4.39. The lowest BCUT2D eigenvalue weighted by Crippen LogP contribution is -2.22. The molecular formula is C13H25N3. The van der Waals surface area contributed by atoms with Gasteiger partial charge in [0.2, 0.25) is 0 Å². The van der Waals surface area contributed by atoms with Crippen molar-refractivity contribution in [1.29, 1.82) is 0 Å². The summed E-state index contributed by atoms with van der Waals surface area (Å²) in [6.45, 7) is 5.16. The summed E-state index contributed by atoms with van der Waals surface area (Å²) in [7, 11) is 0. The lowest BCUT2D eigenvalue weighted by atomic mass is 10.1. The van der Waals surface area contributed by atoms with E-state index < -0.39 is 0 Å². The van der Waals surface area contributed by atoms with Crippen LogP contribution in [-0.2, 0) is 13.0 Å². The molecule has 1 aromatic rings. The number of nitrogens with zero attached hydrogens (tertiary/aromatic N) is 2. The molecule has 0 spiro atoms. The number of hydrogen-bond acceptors (Lipinski definition) is 2. The van der Waals surface area contributed by atoms with Gasteiger partial charge in [0.25, 0.3) is 0 Å². The number of unbranched alkanes of at least 4 members (excludes halogenated alkanes) is 4. The average molecular weight is 223 g/mol. The Balaban J connectivity index is 2.27. The van der Waals surface area contributed by atoms with E-state index in [2.05, 4.69) is 16.5 Å². The smallest absolute Gasteiger partial charge is 0.108 e. The minimum Gasteiger partial charge on any atom is -0.333 e. The molecule has 0 amide bonds. The Kier molecular flexibility index (Phi) is 6.16. The highest BCUT2D eigenvalue weighted by Crippen LogP contribution is 2.08. The summed E-state index contributed by atoms with van der Waals surface area (Å²) >= 11 is 0. The van der Waals surface area contributed by atoms with Gasteiger partial charge in [0.15, 0.2) is 0 Å². The van der Waals surface area contributed by atoms with E-state index in [0.717, 1.165) is 13.0 Å². The highest BCUT2D eigenvalue weighted by Gasteiger charge is 2.04. The van der Waals surface area contributed by atoms with Gasteiger partial charge in [0.05, 0.1) is 0 Å². The second kappa shape index (κ2) is 7.44. The van der Waals surface area contributed by atoms with Crippen molar-refractivity contribution in [2.24, 2.45) is 5.73 Å². The Hall–Kier alpha value is -0.830. The molecular weight excluding hydrogens is 198 g/mol. The lowest BCUT2D eigenvalue weighted by Gasteiger charge is -2.10. The van der Waals surface area contributed by atoms with Crippen molar-refractivity contribution in [2.75, 3.05) is 0 Å². The van der Waals surface area contributed by atoms with E-state index in [1.165, 1.54) is 37.9 Å². The van der Waals surface area contributed by atoms with Gasteiger partial charge in [-0.2, -0.15) is 0 Å². The van der Waals surface area contributed by atoms with E-state index in [4.69, 9.17) is 5.73 Å². The Morgan fingerprint density at radius 1 is 1.31 bits per heavy atom. The monoisotopic (exact) mass is 223 g/mol. The molecule has 0 fully saturated rings. The molecule has 92 valence electrons. The molecule has 3 nitrogen and oxygen atoms in total. The molecule has 0 saturated carbocycles. The molecule has 1 atom stereocenters. The van der Waals surface area contributed by atoms with Crippen LogP contribution in [0.2, 0.25) is 0 Å². The molecule has 3 heteroatoms. The Bertz CT molecular complexity index is 278. The Morgan fingerprint density at radius 2 is 2.06 bits per heavy atom. The molecule has 0 aromatic carbocycles. The fourth-order valence-corrected chi connectivity index (χ4v) is 1.93. The molecule has 0 aliphatic rings. The van der Waals surface area contributed by atoms with Gasteiger partial charge >= 0.3 is 0 Å². The predicted octanol–water partition coefficient (Wildman–Crippen LogP) is 2.74. The zero-order chi connectivity index (χ0) is 11.8. The van der Waals surface area contributed by atoms with Crippen LogP contribution in [0, 0.1) is 0 Å². The predicted molar refractivity (Wildman–Crippen MR) is 68.3 cm³/mol. The van der Waals surface area contributed by atoms with Crippen LogP contribution in [0.3, 0.4) is 0 Å². The molecule has 1 aromatic heterocycles. The number of imidazole rings is 1. The Labute approximate surface area is 99.1 Å². The lowest BCUT2D eigenvalue weighted by molar-refractivity contribution is 0.550. The van der Waals surface area contributed by atoms with Crippen LogP contribution in [0.4, 0.5) is 0 Å². The maximum Gasteiger partial charge on any atom is 0.108 e. The SMILES string of the molecule is CCCCCCCc1nccn1CC(C)N. The second-order valence-electron chi connectivity index (χ2n) is 4.64. The topological polar surface area (TPSA) is 43.8 Å². The summed E-state index contributed by atoms with van der Waals surface area (Å²) in [5, 5.41) is 0. The minimum atomic E-state index is 0.202. The molecule has 0 radical (unpaired) electrons. The van der Waals surface area contributed by atoms with Crippen LogP contribution >= 0.6 is 0 Å². The standard InChI is InChI=1S/C13H25N3/c1-3-4-5-6-7-8-13-15-9-10-16(13)11-12(2)14/h9-10,12H,3-8,11,14H2,1-2H3. The van der Waals surface area contributed by atoms with Gasteiger partial charge in [-0.1, -0.05) is 32.6 Å². The van der Waals surface area contributed by atoms with Gasteiger partial charge in [-0.05, 0) is 13.3 Å². The third-order valence-corrected chi connectivity index (χ3v) is 2.79. The third kappa shape index (κ3) is 4.79. The molecule has 1 heterocycles. The van der Waals surface area contributed by atoms with E-state index >= 15 is 0 Å². The molecule has 0 bridgehead atoms. The molecule has 0 aliphatic heterocycles. The fraction of sp³-hybridized carbons (Fsp3) is 0.769. The molecule has 0 aliphatic carbocycles. The van der Waals surface area contributed by atoms with Crippen molar-refractivity contribution < 1.29 is 0 Å². The van der Waals surface area contributed by atoms with Gasteiger partial charge in [-0.15, -0.1) is 0 Å². The fourth-order valence-electron chi connectivity index (χ4n) is 1.93. The summed E-state index contributed by atoms with van der Waals surface area (Å²) in [6.07, 6.45) is 11.6. The van der Waals surface area contributed by atoms with Gasteiger partial charge in [0.1, 0.15) is 5.82 Å². The minimum absolute atomic E-state index is 0.202. The first-order valence-electron chi connectivity index (χ1n) is 6.49. The van der Waals surface area contributed by atoms with E-state index in [9.17, 15) is 0 Å². The van der Waals surface area contributed by atoms with Crippen molar-refractivity contribution in [1.82, 2.24) is 9.55 Å². The van der Waals surface area contributed by atoms with Gasteiger partial charge in [-0.25, -0.2) is 4.98 Å². The maximum absolute atomic E-state index is 5.80. The van der Waals surface area contributed by atoms with Crippen molar-refractivity contribution in [2.45, 2.75) is 65.0 Å². The van der Waals surface area contributed by atoms with Gasteiger partial charge in [0, 0.05) is 31.4 Å². The van der Waals surface area contributed by atoms with E-state index in [-0.39, 0.29) is 6.04 Å². The van der Waals surface area contributed by atoms with E-state index in [1.54, 1.807) is 0 Å². The van der Waals surface area contributed by atoms with E-state index in [0.29, 0.717) is 0 Å². The van der Waals surface area contributed by atoms with Gasteiger partial charge < -0.3 is 10.3 Å². The van der Waals surface area contributed by atoms with Crippen LogP contribution in [-0.4, -0.2) is 15.6 Å². The summed E-state index contributed by atoms with van der Waals surface area (Å²) in [5.74, 6) is 1.19. The van der Waals surface area contributed by atoms with E-state index in [1.807, 2.05) is 19.3 Å². The Morgan fingerprint density at radius 3 is 2.75 bits per heavy atom.